The van der Waals surface area contributed by atoms with Crippen LogP contribution < -0.4 is 0 Å². The maximum Gasteiger partial charge on any atom is 0.222 e. The van der Waals surface area contributed by atoms with Crippen LogP contribution >= 0.6 is 0 Å². The van der Waals surface area contributed by atoms with Crippen molar-refractivity contribution in [2.75, 3.05) is 26.2 Å². The number of rotatable bonds is 6. The van der Waals surface area contributed by atoms with E-state index in [-0.39, 0.29) is 11.8 Å². The van der Waals surface area contributed by atoms with Crippen molar-refractivity contribution < 1.29 is 9.90 Å². The second-order valence-corrected chi connectivity index (χ2v) is 8.59. The number of carbonyl (C=O) groups is 1. The van der Waals surface area contributed by atoms with E-state index in [0.29, 0.717) is 25.4 Å². The number of hydrogen-bond donors (Lipinski definition) is 1. The Kier molecular flexibility index (Phi) is 6.57. The minimum atomic E-state index is -0.431. The number of likely N-dealkylation sites (tertiary alicyclic amines) is 2. The van der Waals surface area contributed by atoms with E-state index < -0.39 is 6.10 Å². The topological polar surface area (TPSA) is 56.7 Å². The van der Waals surface area contributed by atoms with Crippen LogP contribution in [0.5, 0.6) is 0 Å². The molecule has 29 heavy (non-hydrogen) atoms. The molecule has 1 aromatic heterocycles. The molecule has 0 radical (unpaired) electrons. The molecule has 2 atom stereocenters. The highest BCUT2D eigenvalue weighted by molar-refractivity contribution is 5.76. The van der Waals surface area contributed by atoms with Gasteiger partial charge >= 0.3 is 0 Å². The summed E-state index contributed by atoms with van der Waals surface area (Å²) in [6.07, 6.45) is 6.71. The highest BCUT2D eigenvalue weighted by Gasteiger charge is 2.34. The molecule has 0 spiro atoms. The van der Waals surface area contributed by atoms with Crippen molar-refractivity contribution in [3.63, 3.8) is 0 Å². The largest absolute Gasteiger partial charge is 0.391 e. The summed E-state index contributed by atoms with van der Waals surface area (Å²) in [4.78, 5) is 21.2. The first-order chi connectivity index (χ1) is 14.2. The van der Waals surface area contributed by atoms with Gasteiger partial charge in [-0.3, -0.25) is 14.7 Å². The van der Waals surface area contributed by atoms with Gasteiger partial charge in [0.1, 0.15) is 0 Å². The molecule has 0 aliphatic carbocycles. The van der Waals surface area contributed by atoms with Crippen molar-refractivity contribution in [1.29, 1.82) is 0 Å². The van der Waals surface area contributed by atoms with Gasteiger partial charge in [0, 0.05) is 44.4 Å². The SMILES string of the molecule is O=C(CC1CCN(Cc2ccccc2)CC1)N1C[C@@H](Cc2ccncc2)[C@@H](O)C1. The zero-order valence-electron chi connectivity index (χ0n) is 17.0. The number of nitrogens with zero attached hydrogens (tertiary/aromatic N) is 3. The van der Waals surface area contributed by atoms with E-state index in [1.807, 2.05) is 17.0 Å². The van der Waals surface area contributed by atoms with Crippen molar-refractivity contribution in [3.8, 4) is 0 Å². The molecule has 0 saturated carbocycles. The fourth-order valence-corrected chi connectivity index (χ4v) is 4.65. The van der Waals surface area contributed by atoms with Crippen molar-refractivity contribution in [2.45, 2.75) is 38.3 Å². The Hall–Kier alpha value is -2.24. The van der Waals surface area contributed by atoms with Crippen molar-refractivity contribution >= 4 is 5.91 Å². The van der Waals surface area contributed by atoms with Gasteiger partial charge in [-0.1, -0.05) is 30.3 Å². The van der Waals surface area contributed by atoms with E-state index in [4.69, 9.17) is 0 Å². The number of pyridine rings is 1. The molecular formula is C24H31N3O2. The molecule has 5 heteroatoms. The average Bonchev–Trinajstić information content (AvgIpc) is 3.11. The lowest BCUT2D eigenvalue weighted by Crippen LogP contribution is -2.36. The zero-order chi connectivity index (χ0) is 20.1. The summed E-state index contributed by atoms with van der Waals surface area (Å²) in [6, 6.07) is 14.6. The number of aliphatic hydroxyl groups is 1. The summed E-state index contributed by atoms with van der Waals surface area (Å²) in [7, 11) is 0. The quantitative estimate of drug-likeness (QED) is 0.820. The third kappa shape index (κ3) is 5.43. The van der Waals surface area contributed by atoms with Gasteiger partial charge in [0.15, 0.2) is 0 Å². The molecule has 4 rings (SSSR count). The second-order valence-electron chi connectivity index (χ2n) is 8.59. The molecule has 2 saturated heterocycles. The lowest BCUT2D eigenvalue weighted by atomic mass is 9.92. The smallest absolute Gasteiger partial charge is 0.222 e. The van der Waals surface area contributed by atoms with Crippen molar-refractivity contribution in [3.05, 3.63) is 66.0 Å². The van der Waals surface area contributed by atoms with E-state index in [2.05, 4.69) is 40.2 Å². The zero-order valence-corrected chi connectivity index (χ0v) is 17.0. The fourth-order valence-electron chi connectivity index (χ4n) is 4.65. The standard InChI is InChI=1S/C24H31N3O2/c28-23-18-27(17-22(23)14-19-6-10-25-11-7-19)24(29)15-20-8-12-26(13-9-20)16-21-4-2-1-3-5-21/h1-7,10-11,20,22-23,28H,8-9,12-18H2/t22-,23+/m1/s1. The normalized spacial score (nSPS) is 23.4. The van der Waals surface area contributed by atoms with Gasteiger partial charge in [-0.2, -0.15) is 0 Å². The second kappa shape index (κ2) is 9.51. The predicted molar refractivity (Wildman–Crippen MR) is 113 cm³/mol. The van der Waals surface area contributed by atoms with Gasteiger partial charge in [-0.25, -0.2) is 0 Å². The third-order valence-electron chi connectivity index (χ3n) is 6.43. The number of carbonyl (C=O) groups excluding carboxylic acids is 1. The van der Waals surface area contributed by atoms with Gasteiger partial charge in [-0.15, -0.1) is 0 Å². The summed E-state index contributed by atoms with van der Waals surface area (Å²) in [5, 5.41) is 10.4. The Morgan fingerprint density at radius 1 is 1.00 bits per heavy atom. The Morgan fingerprint density at radius 2 is 1.72 bits per heavy atom. The molecule has 1 N–H and O–H groups in total. The van der Waals surface area contributed by atoms with Gasteiger partial charge < -0.3 is 10.0 Å². The number of aromatic nitrogens is 1. The maximum atomic E-state index is 12.8. The third-order valence-corrected chi connectivity index (χ3v) is 6.43. The fraction of sp³-hybridized carbons (Fsp3) is 0.500. The van der Waals surface area contributed by atoms with E-state index in [1.54, 1.807) is 12.4 Å². The Bertz CT molecular complexity index is 775. The van der Waals surface area contributed by atoms with Gasteiger partial charge in [0.2, 0.25) is 5.91 Å². The molecule has 1 aromatic carbocycles. The number of hydrogen-bond acceptors (Lipinski definition) is 4. The molecule has 2 fully saturated rings. The summed E-state index contributed by atoms with van der Waals surface area (Å²) in [5.41, 5.74) is 2.53. The van der Waals surface area contributed by atoms with E-state index in [9.17, 15) is 9.90 Å². The monoisotopic (exact) mass is 393 g/mol. The number of β-amino-alcohol motifs (C(OH)–C–C–N with tert-alkyl or cyclic N) is 1. The van der Waals surface area contributed by atoms with Gasteiger partial charge in [0.25, 0.3) is 0 Å². The molecule has 154 valence electrons. The highest BCUT2D eigenvalue weighted by Crippen LogP contribution is 2.26. The maximum absolute atomic E-state index is 12.8. The lowest BCUT2D eigenvalue weighted by Gasteiger charge is -2.32. The first kappa shape index (κ1) is 20.0. The summed E-state index contributed by atoms with van der Waals surface area (Å²) >= 11 is 0. The number of piperidine rings is 1. The van der Waals surface area contributed by atoms with Crippen LogP contribution in [0.4, 0.5) is 0 Å². The van der Waals surface area contributed by atoms with Crippen molar-refractivity contribution in [1.82, 2.24) is 14.8 Å². The minimum Gasteiger partial charge on any atom is -0.391 e. The summed E-state index contributed by atoms with van der Waals surface area (Å²) < 4.78 is 0. The Morgan fingerprint density at radius 3 is 2.45 bits per heavy atom. The lowest BCUT2D eigenvalue weighted by molar-refractivity contribution is -0.132. The van der Waals surface area contributed by atoms with Crippen LogP contribution in [0.2, 0.25) is 0 Å². The molecule has 2 aliphatic rings. The van der Waals surface area contributed by atoms with Crippen LogP contribution in [0, 0.1) is 11.8 Å². The van der Waals surface area contributed by atoms with Crippen LogP contribution in [0.3, 0.4) is 0 Å². The summed E-state index contributed by atoms with van der Waals surface area (Å²) in [6.45, 7) is 4.24. The minimum absolute atomic E-state index is 0.120. The Labute approximate surface area is 173 Å². The molecule has 0 unspecified atom stereocenters. The van der Waals surface area contributed by atoms with E-state index in [0.717, 1.165) is 38.9 Å². The first-order valence-corrected chi connectivity index (χ1v) is 10.8. The van der Waals surface area contributed by atoms with Gasteiger partial charge in [0.05, 0.1) is 6.10 Å². The first-order valence-electron chi connectivity index (χ1n) is 10.8. The van der Waals surface area contributed by atoms with Crippen molar-refractivity contribution in [2.24, 2.45) is 11.8 Å². The van der Waals surface area contributed by atoms with Crippen LogP contribution in [-0.2, 0) is 17.8 Å². The molecule has 1 amide bonds. The number of aliphatic hydroxyl groups excluding tert-OH is 1. The molecule has 2 aliphatic heterocycles. The molecule has 0 bridgehead atoms. The number of benzene rings is 1. The predicted octanol–water partition coefficient (Wildman–Crippen LogP) is 2.75. The Balaban J connectivity index is 1.22. The van der Waals surface area contributed by atoms with E-state index >= 15 is 0 Å². The van der Waals surface area contributed by atoms with Crippen LogP contribution in [0.25, 0.3) is 0 Å². The highest BCUT2D eigenvalue weighted by atomic mass is 16.3. The summed E-state index contributed by atoms with van der Waals surface area (Å²) in [5.74, 6) is 0.794. The van der Waals surface area contributed by atoms with Crippen LogP contribution in [0.15, 0.2) is 54.9 Å². The molecule has 2 aromatic rings. The molecule has 3 heterocycles. The van der Waals surface area contributed by atoms with Crippen LogP contribution in [0.1, 0.15) is 30.4 Å². The molecule has 5 nitrogen and oxygen atoms in total. The molecular weight excluding hydrogens is 362 g/mol. The number of amides is 1. The van der Waals surface area contributed by atoms with E-state index in [1.165, 1.54) is 11.1 Å². The van der Waals surface area contributed by atoms with Gasteiger partial charge in [-0.05, 0) is 61.5 Å². The average molecular weight is 394 g/mol. The van der Waals surface area contributed by atoms with Crippen LogP contribution in [-0.4, -0.2) is 58.1 Å².